The maximum Gasteiger partial charge on any atom is 0.176 e. The third-order valence-corrected chi connectivity index (χ3v) is 13.5. The fraction of sp³-hybridized carbons (Fsp3) is 0.145. The molecule has 0 atom stereocenters. The molecule has 13 rings (SSSR count). The van der Waals surface area contributed by atoms with Crippen molar-refractivity contribution >= 4 is 28.0 Å². The molecule has 547 valence electrons. The minimum Gasteiger partial charge on any atom is -0.512 e. The van der Waals surface area contributed by atoms with Gasteiger partial charge in [0.2, 0.25) is 0 Å². The Morgan fingerprint density at radius 2 is 0.971 bits per heavy atom. The van der Waals surface area contributed by atoms with E-state index in [0.717, 1.165) is 51.5 Å². The zero-order valence-electron chi connectivity index (χ0n) is 54.0. The first-order valence-corrected chi connectivity index (χ1v) is 29.1. The van der Waals surface area contributed by atoms with E-state index in [1.807, 2.05) is 98.0 Å². The molecule has 0 bridgehead atoms. The second-order valence-corrected chi connectivity index (χ2v) is 21.1. The minimum absolute atomic E-state index is 0. The number of aryl methyl sites for hydroxylation is 1. The fourth-order valence-corrected chi connectivity index (χ4v) is 9.36. The molecule has 11 nitrogen and oxygen atoms in total. The molecule has 103 heavy (non-hydrogen) atoms. The van der Waals surface area contributed by atoms with Crippen LogP contribution in [-0.4, -0.2) is 51.7 Å². The smallest absolute Gasteiger partial charge is 0.176 e. The standard InChI is InChI=1S/C24H18N.C13H7F2N2.2C11H8N.C10H5F2N2.2C5H8O2.4CH4.5Ir/c1-24(2)21-10-6-5-9-19(21)20-12-11-17(15-22(20)24)23-18-8-4-3-7-16(18)13-14-25-23;1-8-5-6-17-11(7-8)9-3-4-10(14)13(16-2)12(9)15;2*1-2-6-10(7-3-1)11-8-4-5-9-12-11;11-9-5-4-7(10(12)14-9)8-3-1-2-6-13-8;2*1-4(6)3-5(2)7;;;;;;;;;/h3-10,12-15H,1-2H3;4-7H,1H3;2*1-6,8-9H;1-3,5-6H;2*3,6H,1-2H3;4*1H4;;;;;/q5*-1;;;;;;;;;;;. The number of allylic oxidation sites excluding steroid dienone is 4. The third kappa shape index (κ3) is 29.6. The Morgan fingerprint density at radius 3 is 1.45 bits per heavy atom. The molecule has 6 aromatic heterocycles. The van der Waals surface area contributed by atoms with Crippen LogP contribution in [0, 0.1) is 67.4 Å². The molecule has 0 unspecified atom stereocenters. The van der Waals surface area contributed by atoms with E-state index in [4.69, 9.17) is 16.8 Å². The summed E-state index contributed by atoms with van der Waals surface area (Å²) in [5.41, 5.74) is 12.6. The summed E-state index contributed by atoms with van der Waals surface area (Å²) in [4.78, 5) is 46.9. The Kier molecular flexibility index (Phi) is 47.7. The molecule has 0 spiro atoms. The van der Waals surface area contributed by atoms with Crippen molar-refractivity contribution in [3.05, 3.63) is 331 Å². The van der Waals surface area contributed by atoms with Gasteiger partial charge in [-0.2, -0.15) is 0 Å². The van der Waals surface area contributed by atoms with Gasteiger partial charge in [0, 0.05) is 155 Å². The van der Waals surface area contributed by atoms with Gasteiger partial charge >= 0.3 is 0 Å². The van der Waals surface area contributed by atoms with Crippen molar-refractivity contribution in [1.82, 2.24) is 29.9 Å². The van der Waals surface area contributed by atoms with Crippen LogP contribution in [0.5, 0.6) is 0 Å². The van der Waals surface area contributed by atoms with Crippen LogP contribution in [0.15, 0.2) is 249 Å². The maximum absolute atomic E-state index is 13.8. The molecular formula is C83H78F4Ir5N7O4-5. The summed E-state index contributed by atoms with van der Waals surface area (Å²) in [5.74, 6) is -3.74. The van der Waals surface area contributed by atoms with Gasteiger partial charge in [0.25, 0.3) is 0 Å². The van der Waals surface area contributed by atoms with E-state index in [2.05, 4.69) is 146 Å². The number of benzene rings is 6. The first-order chi connectivity index (χ1) is 45.2. The third-order valence-electron chi connectivity index (χ3n) is 13.5. The van der Waals surface area contributed by atoms with Crippen molar-refractivity contribution in [2.24, 2.45) is 0 Å². The van der Waals surface area contributed by atoms with Gasteiger partial charge in [-0.05, 0) is 115 Å². The molecule has 5 radical (unpaired) electrons. The molecule has 20 heteroatoms. The Bertz CT molecular complexity index is 4430. The van der Waals surface area contributed by atoms with Crippen LogP contribution in [0.2, 0.25) is 0 Å². The van der Waals surface area contributed by atoms with Crippen LogP contribution < -0.4 is 0 Å². The van der Waals surface area contributed by atoms with Gasteiger partial charge in [-0.15, -0.1) is 125 Å². The summed E-state index contributed by atoms with van der Waals surface area (Å²) in [6.07, 6.45) is 10.8. The van der Waals surface area contributed by atoms with Crippen molar-refractivity contribution in [3.63, 3.8) is 0 Å². The predicted molar refractivity (Wildman–Crippen MR) is 387 cm³/mol. The Hall–Kier alpha value is -8.64. The van der Waals surface area contributed by atoms with E-state index in [1.165, 1.54) is 85.3 Å². The molecule has 6 heterocycles. The molecular weight excluding hydrogens is 2200 g/mol. The number of aromatic nitrogens is 6. The number of aliphatic hydroxyl groups is 2. The summed E-state index contributed by atoms with van der Waals surface area (Å²) in [7, 11) is 0. The number of nitrogens with zero attached hydrogens (tertiary/aromatic N) is 7. The van der Waals surface area contributed by atoms with Crippen molar-refractivity contribution < 1.29 is 138 Å². The summed E-state index contributed by atoms with van der Waals surface area (Å²) >= 11 is 0. The number of hydrogen-bond acceptors (Lipinski definition) is 10. The molecule has 0 saturated carbocycles. The van der Waals surface area contributed by atoms with Crippen LogP contribution in [0.4, 0.5) is 23.2 Å². The largest absolute Gasteiger partial charge is 0.512 e. The van der Waals surface area contributed by atoms with E-state index in [9.17, 15) is 27.2 Å². The first kappa shape index (κ1) is 98.5. The van der Waals surface area contributed by atoms with Gasteiger partial charge in [-0.25, -0.2) is 8.78 Å². The zero-order chi connectivity index (χ0) is 67.6. The Balaban J connectivity index is -0.00000116. The Labute approximate surface area is 671 Å². The number of carbonyl (C=O) groups excluding carboxylic acids is 2. The summed E-state index contributed by atoms with van der Waals surface area (Å²) in [5, 5.41) is 19.1. The van der Waals surface area contributed by atoms with Crippen molar-refractivity contribution in [2.45, 2.75) is 83.6 Å². The first-order valence-electron chi connectivity index (χ1n) is 29.1. The van der Waals surface area contributed by atoms with Crippen LogP contribution in [-0.2, 0) is 116 Å². The molecule has 0 fully saturated rings. The summed E-state index contributed by atoms with van der Waals surface area (Å²) in [6, 6.07) is 76.0. The number of hydrogen-bond donors (Lipinski definition) is 2. The van der Waals surface area contributed by atoms with E-state index in [-0.39, 0.29) is 170 Å². The molecule has 2 N–H and O–H groups in total. The predicted octanol–water partition coefficient (Wildman–Crippen LogP) is 21.6. The van der Waals surface area contributed by atoms with Crippen LogP contribution in [0.1, 0.15) is 87.9 Å². The van der Waals surface area contributed by atoms with E-state index in [0.29, 0.717) is 11.4 Å². The summed E-state index contributed by atoms with van der Waals surface area (Å²) in [6.45, 7) is 18.9. The average Bonchev–Trinajstić information content (AvgIpc) is 1.58. The van der Waals surface area contributed by atoms with Crippen LogP contribution >= 0.6 is 0 Å². The second kappa shape index (κ2) is 49.9. The summed E-state index contributed by atoms with van der Waals surface area (Å²) < 4.78 is 52.5. The number of carbonyl (C=O) groups is 2. The van der Waals surface area contributed by atoms with E-state index in [1.54, 1.807) is 42.7 Å². The van der Waals surface area contributed by atoms with Gasteiger partial charge < -0.3 is 35.1 Å². The van der Waals surface area contributed by atoms with Gasteiger partial charge in [0.1, 0.15) is 11.9 Å². The normalized spacial score (nSPS) is 10.3. The quantitative estimate of drug-likeness (QED) is 0.0518. The molecule has 1 aliphatic rings. The zero-order valence-corrected chi connectivity index (χ0v) is 66.0. The Morgan fingerprint density at radius 1 is 0.485 bits per heavy atom. The number of pyridine rings is 6. The van der Waals surface area contributed by atoms with Crippen LogP contribution in [0.25, 0.3) is 83.0 Å². The topological polar surface area (TPSA) is 156 Å². The molecule has 0 aliphatic heterocycles. The van der Waals surface area contributed by atoms with Gasteiger partial charge in [-0.3, -0.25) is 28.2 Å². The maximum atomic E-state index is 13.8. The van der Waals surface area contributed by atoms with Gasteiger partial charge in [0.15, 0.2) is 17.3 Å². The number of halogens is 4. The molecule has 0 saturated heterocycles. The van der Waals surface area contributed by atoms with Gasteiger partial charge in [-0.1, -0.05) is 163 Å². The molecule has 1 aliphatic carbocycles. The number of rotatable bonds is 7. The van der Waals surface area contributed by atoms with Crippen molar-refractivity contribution in [1.29, 1.82) is 0 Å². The SMILES string of the molecule is C.C.C.C.CC(=O)C=C(C)O.CC(=O)C=C(C)O.CC1(C)c2ccccc2-c2c[c-]c(-c3nccc4ccccc34)cc21.Fc1c[c-]c(-c2ccccn2)c(F)n1.[C-]#[N+]c1c(F)c[c-]c(-c2cc(C)ccn2)c1F.[Ir].[Ir].[Ir].[Ir].[Ir].[c-]1ccccc1-c1ccccn1.[c-]1ccccc1-c1ccccn1. The van der Waals surface area contributed by atoms with E-state index >= 15 is 0 Å². The number of fused-ring (bicyclic) bond motifs is 4. The van der Waals surface area contributed by atoms with Crippen LogP contribution in [0.3, 0.4) is 0 Å². The van der Waals surface area contributed by atoms with Crippen molar-refractivity contribution in [3.8, 4) is 67.4 Å². The molecule has 6 aromatic carbocycles. The number of ketones is 2. The van der Waals surface area contributed by atoms with E-state index < -0.39 is 29.2 Å². The minimum atomic E-state index is -0.918. The fourth-order valence-electron chi connectivity index (χ4n) is 9.36. The molecule has 12 aromatic rings. The van der Waals surface area contributed by atoms with Crippen molar-refractivity contribution in [2.75, 3.05) is 0 Å². The monoisotopic (exact) mass is 2280 g/mol. The number of aliphatic hydroxyl groups excluding tert-OH is 2. The molecule has 0 amide bonds. The van der Waals surface area contributed by atoms with Gasteiger partial charge in [0.05, 0.1) is 18.1 Å². The average molecular weight is 2270 g/mol. The second-order valence-electron chi connectivity index (χ2n) is 21.1.